The van der Waals surface area contributed by atoms with E-state index >= 15 is 0 Å². The third-order valence-electron chi connectivity index (χ3n) is 3.07. The Hall–Kier alpha value is -1.95. The molecular formula is C12H13N3O3. The molecule has 3 rings (SSSR count). The van der Waals surface area contributed by atoms with E-state index in [2.05, 4.69) is 20.3 Å². The number of aromatic nitrogens is 2. The van der Waals surface area contributed by atoms with E-state index in [1.807, 2.05) is 0 Å². The van der Waals surface area contributed by atoms with Crippen molar-refractivity contribution >= 4 is 16.9 Å². The van der Waals surface area contributed by atoms with Crippen LogP contribution in [0.1, 0.15) is 23.2 Å². The number of carbonyl (C=O) groups is 1. The van der Waals surface area contributed by atoms with Crippen LogP contribution in [0.2, 0.25) is 0 Å². The van der Waals surface area contributed by atoms with Gasteiger partial charge in [-0.05, 0) is 41.4 Å². The zero-order valence-electron chi connectivity index (χ0n) is 9.76. The number of amides is 1. The van der Waals surface area contributed by atoms with E-state index in [9.17, 15) is 4.79 Å². The van der Waals surface area contributed by atoms with Crippen LogP contribution in [-0.4, -0.2) is 35.5 Å². The summed E-state index contributed by atoms with van der Waals surface area (Å²) in [4.78, 5) is 12.0. The van der Waals surface area contributed by atoms with Crippen molar-refractivity contribution in [2.45, 2.75) is 18.9 Å². The zero-order chi connectivity index (χ0) is 12.4. The molecule has 1 aliphatic heterocycles. The van der Waals surface area contributed by atoms with Gasteiger partial charge in [-0.2, -0.15) is 0 Å². The van der Waals surface area contributed by atoms with Gasteiger partial charge in [0.25, 0.3) is 5.91 Å². The summed E-state index contributed by atoms with van der Waals surface area (Å²) < 4.78 is 9.85. The maximum Gasteiger partial charge on any atom is 0.251 e. The lowest BCUT2D eigenvalue weighted by molar-refractivity contribution is 0.0696. The number of ether oxygens (including phenoxy) is 1. The van der Waals surface area contributed by atoms with E-state index in [-0.39, 0.29) is 11.9 Å². The van der Waals surface area contributed by atoms with Crippen LogP contribution in [0.25, 0.3) is 11.0 Å². The molecular weight excluding hydrogens is 234 g/mol. The van der Waals surface area contributed by atoms with Gasteiger partial charge in [-0.1, -0.05) is 0 Å². The van der Waals surface area contributed by atoms with Crippen molar-refractivity contribution in [3.8, 4) is 0 Å². The van der Waals surface area contributed by atoms with Gasteiger partial charge in [0.15, 0.2) is 0 Å². The van der Waals surface area contributed by atoms with Crippen LogP contribution in [0.15, 0.2) is 22.8 Å². The molecule has 0 saturated carbocycles. The molecule has 1 aromatic heterocycles. The molecule has 0 atom stereocenters. The standard InChI is InChI=1S/C12H13N3O3/c16-12(13-9-3-5-17-6-4-9)8-1-2-10-11(7-8)15-18-14-10/h1-2,7,9H,3-6H2,(H,13,16). The fourth-order valence-electron chi connectivity index (χ4n) is 2.03. The molecule has 1 aromatic carbocycles. The zero-order valence-corrected chi connectivity index (χ0v) is 9.76. The maximum absolute atomic E-state index is 12.0. The van der Waals surface area contributed by atoms with Gasteiger partial charge in [-0.3, -0.25) is 4.79 Å². The van der Waals surface area contributed by atoms with Crippen LogP contribution >= 0.6 is 0 Å². The van der Waals surface area contributed by atoms with E-state index in [0.717, 1.165) is 12.8 Å². The highest BCUT2D eigenvalue weighted by Gasteiger charge is 2.17. The highest BCUT2D eigenvalue weighted by molar-refractivity contribution is 5.97. The number of nitrogens with one attached hydrogen (secondary N) is 1. The van der Waals surface area contributed by atoms with Gasteiger partial charge >= 0.3 is 0 Å². The molecule has 2 heterocycles. The number of nitrogens with zero attached hydrogens (tertiary/aromatic N) is 2. The molecule has 1 fully saturated rings. The first-order valence-corrected chi connectivity index (χ1v) is 5.94. The van der Waals surface area contributed by atoms with E-state index in [4.69, 9.17) is 4.74 Å². The molecule has 0 bridgehead atoms. The summed E-state index contributed by atoms with van der Waals surface area (Å²) in [6.07, 6.45) is 1.72. The maximum atomic E-state index is 12.0. The van der Waals surface area contributed by atoms with Crippen LogP contribution in [0, 0.1) is 0 Å². The first-order chi connectivity index (χ1) is 8.83. The molecule has 0 aliphatic carbocycles. The Labute approximate surface area is 103 Å². The molecule has 6 nitrogen and oxygen atoms in total. The van der Waals surface area contributed by atoms with E-state index in [1.165, 1.54) is 0 Å². The van der Waals surface area contributed by atoms with Gasteiger partial charge in [0.2, 0.25) is 0 Å². The number of hydrogen-bond donors (Lipinski definition) is 1. The van der Waals surface area contributed by atoms with Gasteiger partial charge in [0.1, 0.15) is 11.0 Å². The van der Waals surface area contributed by atoms with E-state index in [0.29, 0.717) is 29.8 Å². The van der Waals surface area contributed by atoms with Gasteiger partial charge < -0.3 is 10.1 Å². The van der Waals surface area contributed by atoms with Crippen LogP contribution in [-0.2, 0) is 4.74 Å². The van der Waals surface area contributed by atoms with Crippen LogP contribution in [0.5, 0.6) is 0 Å². The lowest BCUT2D eigenvalue weighted by atomic mass is 10.1. The Kier molecular flexibility index (Phi) is 2.93. The highest BCUT2D eigenvalue weighted by Crippen LogP contribution is 2.13. The van der Waals surface area contributed by atoms with E-state index in [1.54, 1.807) is 18.2 Å². The van der Waals surface area contributed by atoms with Crippen molar-refractivity contribution in [1.82, 2.24) is 15.6 Å². The average Bonchev–Trinajstić information content (AvgIpc) is 2.87. The van der Waals surface area contributed by atoms with Gasteiger partial charge in [0, 0.05) is 24.8 Å². The molecule has 0 unspecified atom stereocenters. The molecule has 0 spiro atoms. The second-order valence-corrected chi connectivity index (χ2v) is 4.33. The molecule has 94 valence electrons. The Morgan fingerprint density at radius 1 is 1.22 bits per heavy atom. The van der Waals surface area contributed by atoms with Crippen LogP contribution in [0.4, 0.5) is 0 Å². The van der Waals surface area contributed by atoms with Crippen molar-refractivity contribution in [2.75, 3.05) is 13.2 Å². The predicted molar refractivity (Wildman–Crippen MR) is 63.1 cm³/mol. The minimum absolute atomic E-state index is 0.0909. The van der Waals surface area contributed by atoms with Crippen molar-refractivity contribution in [3.63, 3.8) is 0 Å². The fourth-order valence-corrected chi connectivity index (χ4v) is 2.03. The van der Waals surface area contributed by atoms with Gasteiger partial charge in [-0.25, -0.2) is 4.63 Å². The number of fused-ring (bicyclic) bond motifs is 1. The predicted octanol–water partition coefficient (Wildman–Crippen LogP) is 1.13. The van der Waals surface area contributed by atoms with Crippen molar-refractivity contribution in [1.29, 1.82) is 0 Å². The summed E-state index contributed by atoms with van der Waals surface area (Å²) in [5.41, 5.74) is 1.82. The second-order valence-electron chi connectivity index (χ2n) is 4.33. The van der Waals surface area contributed by atoms with Crippen LogP contribution < -0.4 is 5.32 Å². The molecule has 1 saturated heterocycles. The molecule has 1 amide bonds. The average molecular weight is 247 g/mol. The SMILES string of the molecule is O=C(NC1CCOCC1)c1ccc2nonc2c1. The number of rotatable bonds is 2. The summed E-state index contributed by atoms with van der Waals surface area (Å²) in [6.45, 7) is 1.41. The normalized spacial score (nSPS) is 16.9. The summed E-state index contributed by atoms with van der Waals surface area (Å²) in [7, 11) is 0. The monoisotopic (exact) mass is 247 g/mol. The largest absolute Gasteiger partial charge is 0.381 e. The number of carbonyl (C=O) groups excluding carboxylic acids is 1. The molecule has 0 radical (unpaired) electrons. The molecule has 6 heteroatoms. The Bertz CT molecular complexity index is 560. The van der Waals surface area contributed by atoms with Gasteiger partial charge in [0.05, 0.1) is 0 Å². The van der Waals surface area contributed by atoms with E-state index < -0.39 is 0 Å². The second kappa shape index (κ2) is 4.73. The van der Waals surface area contributed by atoms with Crippen molar-refractivity contribution < 1.29 is 14.2 Å². The summed E-state index contributed by atoms with van der Waals surface area (Å²) in [6, 6.07) is 5.32. The number of hydrogen-bond acceptors (Lipinski definition) is 5. The summed E-state index contributed by atoms with van der Waals surface area (Å²) in [5.74, 6) is -0.0909. The first kappa shape index (κ1) is 11.2. The first-order valence-electron chi connectivity index (χ1n) is 5.94. The molecule has 1 aliphatic rings. The Morgan fingerprint density at radius 2 is 2.00 bits per heavy atom. The molecule has 18 heavy (non-hydrogen) atoms. The Morgan fingerprint density at radius 3 is 2.83 bits per heavy atom. The third kappa shape index (κ3) is 2.19. The lowest BCUT2D eigenvalue weighted by Gasteiger charge is -2.23. The fraction of sp³-hybridized carbons (Fsp3) is 0.417. The number of benzene rings is 1. The summed E-state index contributed by atoms with van der Waals surface area (Å²) in [5, 5.41) is 10.4. The van der Waals surface area contributed by atoms with Crippen LogP contribution in [0.3, 0.4) is 0 Å². The summed E-state index contributed by atoms with van der Waals surface area (Å²) >= 11 is 0. The lowest BCUT2D eigenvalue weighted by Crippen LogP contribution is -2.38. The third-order valence-corrected chi connectivity index (χ3v) is 3.07. The molecule has 1 N–H and O–H groups in total. The van der Waals surface area contributed by atoms with Gasteiger partial charge in [-0.15, -0.1) is 0 Å². The Balaban J connectivity index is 1.74. The topological polar surface area (TPSA) is 77.2 Å². The van der Waals surface area contributed by atoms with Crippen molar-refractivity contribution in [2.24, 2.45) is 0 Å². The highest BCUT2D eigenvalue weighted by atomic mass is 16.6. The smallest absolute Gasteiger partial charge is 0.251 e. The minimum Gasteiger partial charge on any atom is -0.381 e. The van der Waals surface area contributed by atoms with Crippen molar-refractivity contribution in [3.05, 3.63) is 23.8 Å². The quantitative estimate of drug-likeness (QED) is 0.860. The molecule has 2 aromatic rings. The minimum atomic E-state index is -0.0909.